The summed E-state index contributed by atoms with van der Waals surface area (Å²) >= 11 is 5.93. The SMILES string of the molecule is C[C@H](C(=O)Nc1ccc(OC(F)F)c(Cl)c1)N1CCN(Cc2ccco2)CC1. The third kappa shape index (κ3) is 5.43. The normalized spacial score (nSPS) is 16.9. The number of nitrogens with one attached hydrogen (secondary N) is 1. The first kappa shape index (κ1) is 20.6. The number of hydrogen-bond donors (Lipinski definition) is 1. The van der Waals surface area contributed by atoms with Crippen molar-refractivity contribution in [1.82, 2.24) is 9.80 Å². The van der Waals surface area contributed by atoms with Crippen LogP contribution in [0.15, 0.2) is 41.0 Å². The largest absolute Gasteiger partial charge is 0.468 e. The highest BCUT2D eigenvalue weighted by Crippen LogP contribution is 2.29. The molecule has 2 aromatic rings. The molecule has 0 radical (unpaired) electrons. The van der Waals surface area contributed by atoms with Gasteiger partial charge in [0.05, 0.1) is 23.9 Å². The standard InChI is InChI=1S/C19H22ClF2N3O3/c1-13(25-8-6-24(7-9-25)12-15-3-2-10-27-15)18(26)23-14-4-5-17(16(20)11-14)28-19(21)22/h2-5,10-11,13,19H,6-9,12H2,1H3,(H,23,26)/t13-/m1/s1. The molecular formula is C19H22ClF2N3O3. The maximum absolute atomic E-state index is 12.5. The summed E-state index contributed by atoms with van der Waals surface area (Å²) in [7, 11) is 0. The number of ether oxygens (including phenoxy) is 1. The first-order valence-corrected chi connectivity index (χ1v) is 9.34. The number of benzene rings is 1. The quantitative estimate of drug-likeness (QED) is 0.750. The van der Waals surface area contributed by atoms with Crippen LogP contribution < -0.4 is 10.1 Å². The smallest absolute Gasteiger partial charge is 0.387 e. The maximum Gasteiger partial charge on any atom is 0.387 e. The number of rotatable bonds is 7. The molecule has 1 aliphatic heterocycles. The van der Waals surface area contributed by atoms with Crippen LogP contribution in [0.4, 0.5) is 14.5 Å². The zero-order chi connectivity index (χ0) is 20.1. The number of amides is 1. The second-order valence-corrected chi connectivity index (χ2v) is 6.99. The number of piperazine rings is 1. The first-order valence-electron chi connectivity index (χ1n) is 8.96. The van der Waals surface area contributed by atoms with E-state index in [0.29, 0.717) is 5.69 Å². The van der Waals surface area contributed by atoms with Gasteiger partial charge in [0, 0.05) is 31.9 Å². The molecule has 1 atom stereocenters. The molecule has 1 aromatic heterocycles. The van der Waals surface area contributed by atoms with E-state index < -0.39 is 6.61 Å². The number of carbonyl (C=O) groups excluding carboxylic acids is 1. The molecule has 6 nitrogen and oxygen atoms in total. The van der Waals surface area contributed by atoms with Crippen molar-refractivity contribution in [3.05, 3.63) is 47.4 Å². The molecule has 0 unspecified atom stereocenters. The first-order chi connectivity index (χ1) is 13.4. The lowest BCUT2D eigenvalue weighted by atomic mass is 10.2. The Morgan fingerprint density at radius 2 is 2.04 bits per heavy atom. The van der Waals surface area contributed by atoms with Crippen molar-refractivity contribution in [3.63, 3.8) is 0 Å². The van der Waals surface area contributed by atoms with E-state index in [2.05, 4.69) is 19.9 Å². The molecule has 1 aliphatic rings. The van der Waals surface area contributed by atoms with Crippen molar-refractivity contribution in [3.8, 4) is 5.75 Å². The fourth-order valence-corrected chi connectivity index (χ4v) is 3.34. The molecule has 152 valence electrons. The van der Waals surface area contributed by atoms with E-state index in [0.717, 1.165) is 38.5 Å². The zero-order valence-electron chi connectivity index (χ0n) is 15.4. The summed E-state index contributed by atoms with van der Waals surface area (Å²) in [6.45, 7) is 2.84. The number of nitrogens with zero attached hydrogens (tertiary/aromatic N) is 2. The van der Waals surface area contributed by atoms with E-state index in [9.17, 15) is 13.6 Å². The van der Waals surface area contributed by atoms with Gasteiger partial charge < -0.3 is 14.5 Å². The van der Waals surface area contributed by atoms with Crippen LogP contribution in [0, 0.1) is 0 Å². The van der Waals surface area contributed by atoms with E-state index in [4.69, 9.17) is 16.0 Å². The molecule has 9 heteroatoms. The van der Waals surface area contributed by atoms with Crippen LogP contribution in [0.2, 0.25) is 5.02 Å². The topological polar surface area (TPSA) is 58.0 Å². The van der Waals surface area contributed by atoms with Gasteiger partial charge >= 0.3 is 6.61 Å². The fourth-order valence-electron chi connectivity index (χ4n) is 3.11. The van der Waals surface area contributed by atoms with Crippen LogP contribution in [0.25, 0.3) is 0 Å². The van der Waals surface area contributed by atoms with Gasteiger partial charge in [-0.3, -0.25) is 14.6 Å². The van der Waals surface area contributed by atoms with Crippen LogP contribution >= 0.6 is 11.6 Å². The lowest BCUT2D eigenvalue weighted by Gasteiger charge is -2.37. The maximum atomic E-state index is 12.5. The summed E-state index contributed by atoms with van der Waals surface area (Å²) in [5.74, 6) is 0.615. The minimum absolute atomic E-state index is 0.0114. The van der Waals surface area contributed by atoms with Crippen LogP contribution in [-0.2, 0) is 11.3 Å². The molecule has 1 aromatic carbocycles. The Hall–Kier alpha value is -2.16. The summed E-state index contributed by atoms with van der Waals surface area (Å²) in [6, 6.07) is 7.67. The molecule has 0 spiro atoms. The van der Waals surface area contributed by atoms with Crippen LogP contribution in [0.5, 0.6) is 5.75 Å². The second kappa shape index (κ2) is 9.36. The van der Waals surface area contributed by atoms with E-state index in [1.807, 2.05) is 19.1 Å². The van der Waals surface area contributed by atoms with Gasteiger partial charge in [0.1, 0.15) is 11.5 Å². The number of halogens is 3. The third-order valence-corrected chi connectivity index (χ3v) is 5.00. The highest BCUT2D eigenvalue weighted by Gasteiger charge is 2.26. The van der Waals surface area contributed by atoms with E-state index >= 15 is 0 Å². The molecule has 1 amide bonds. The monoisotopic (exact) mass is 413 g/mol. The lowest BCUT2D eigenvalue weighted by Crippen LogP contribution is -2.52. The number of carbonyl (C=O) groups is 1. The molecule has 28 heavy (non-hydrogen) atoms. The Bertz CT molecular complexity index is 781. The summed E-state index contributed by atoms with van der Waals surface area (Å²) < 4.78 is 34.3. The summed E-state index contributed by atoms with van der Waals surface area (Å²) in [6.07, 6.45) is 1.66. The van der Waals surface area contributed by atoms with E-state index in [-0.39, 0.29) is 22.7 Å². The fraction of sp³-hybridized carbons (Fsp3) is 0.421. The number of anilines is 1. The van der Waals surface area contributed by atoms with Crippen molar-refractivity contribution in [2.24, 2.45) is 0 Å². The van der Waals surface area contributed by atoms with Crippen molar-refractivity contribution in [1.29, 1.82) is 0 Å². The minimum atomic E-state index is -2.95. The molecule has 0 bridgehead atoms. The van der Waals surface area contributed by atoms with E-state index in [1.165, 1.54) is 18.2 Å². The Kier molecular flexibility index (Phi) is 6.88. The molecule has 1 fully saturated rings. The Labute approximate surface area is 167 Å². The molecule has 2 heterocycles. The molecule has 0 aliphatic carbocycles. The van der Waals surface area contributed by atoms with Gasteiger partial charge in [0.15, 0.2) is 0 Å². The third-order valence-electron chi connectivity index (χ3n) is 4.71. The molecule has 3 rings (SSSR count). The van der Waals surface area contributed by atoms with Gasteiger partial charge in [-0.2, -0.15) is 8.78 Å². The Balaban J connectivity index is 1.50. The minimum Gasteiger partial charge on any atom is -0.468 e. The second-order valence-electron chi connectivity index (χ2n) is 6.58. The number of alkyl halides is 2. The van der Waals surface area contributed by atoms with Crippen molar-refractivity contribution >= 4 is 23.2 Å². The zero-order valence-corrected chi connectivity index (χ0v) is 16.2. The summed E-state index contributed by atoms with van der Waals surface area (Å²) in [5, 5.41) is 2.78. The highest BCUT2D eigenvalue weighted by molar-refractivity contribution is 6.32. The molecule has 0 saturated carbocycles. The Morgan fingerprint density at radius 1 is 1.29 bits per heavy atom. The van der Waals surface area contributed by atoms with Gasteiger partial charge in [-0.15, -0.1) is 0 Å². The van der Waals surface area contributed by atoms with Gasteiger partial charge in [-0.1, -0.05) is 11.6 Å². The van der Waals surface area contributed by atoms with Crippen molar-refractivity contribution in [2.75, 3.05) is 31.5 Å². The lowest BCUT2D eigenvalue weighted by molar-refractivity contribution is -0.121. The number of hydrogen-bond acceptors (Lipinski definition) is 5. The molecular weight excluding hydrogens is 392 g/mol. The van der Waals surface area contributed by atoms with E-state index in [1.54, 1.807) is 6.26 Å². The van der Waals surface area contributed by atoms with Gasteiger partial charge in [-0.25, -0.2) is 0 Å². The highest BCUT2D eigenvalue weighted by atomic mass is 35.5. The summed E-state index contributed by atoms with van der Waals surface area (Å²) in [5.41, 5.74) is 0.430. The predicted molar refractivity (Wildman–Crippen MR) is 102 cm³/mol. The average Bonchev–Trinajstić information content (AvgIpc) is 3.17. The average molecular weight is 414 g/mol. The molecule has 1 saturated heterocycles. The van der Waals surface area contributed by atoms with Gasteiger partial charge in [-0.05, 0) is 37.3 Å². The number of furan rings is 1. The van der Waals surface area contributed by atoms with Crippen molar-refractivity contribution in [2.45, 2.75) is 26.1 Å². The van der Waals surface area contributed by atoms with Crippen molar-refractivity contribution < 1.29 is 22.7 Å². The molecule has 1 N–H and O–H groups in total. The Morgan fingerprint density at radius 3 is 2.64 bits per heavy atom. The van der Waals surface area contributed by atoms with Crippen LogP contribution in [-0.4, -0.2) is 54.5 Å². The predicted octanol–water partition coefficient (Wildman–Crippen LogP) is 3.68. The van der Waals surface area contributed by atoms with Gasteiger partial charge in [0.2, 0.25) is 5.91 Å². The summed E-state index contributed by atoms with van der Waals surface area (Å²) in [4.78, 5) is 16.9. The van der Waals surface area contributed by atoms with Crippen LogP contribution in [0.1, 0.15) is 12.7 Å². The van der Waals surface area contributed by atoms with Gasteiger partial charge in [0.25, 0.3) is 0 Å². The van der Waals surface area contributed by atoms with Crippen LogP contribution in [0.3, 0.4) is 0 Å².